The molecule has 0 saturated heterocycles. The molecule has 0 atom stereocenters. The van der Waals surface area contributed by atoms with Gasteiger partial charge in [0.1, 0.15) is 5.56 Å². The molecule has 4 nitrogen and oxygen atoms in total. The molecule has 5 heteroatoms. The Morgan fingerprint density at radius 3 is 2.62 bits per heavy atom. The summed E-state index contributed by atoms with van der Waals surface area (Å²) in [5, 5.41) is 9.91. The summed E-state index contributed by atoms with van der Waals surface area (Å²) in [5.74, 6) is 0. The van der Waals surface area contributed by atoms with E-state index in [4.69, 9.17) is 0 Å². The van der Waals surface area contributed by atoms with Crippen LogP contribution in [0.5, 0.6) is 0 Å². The van der Waals surface area contributed by atoms with E-state index < -0.39 is 10.0 Å². The number of hydrogen-bond acceptors (Lipinski definition) is 3. The van der Waals surface area contributed by atoms with E-state index in [1.54, 1.807) is 13.0 Å². The molecule has 1 rings (SSSR count). The minimum Gasteiger partial charge on any atom is -0.282 e. The number of hydrogen-bond donors (Lipinski definition) is 1. The highest BCUT2D eigenvalue weighted by Gasteiger charge is 2.17. The third-order valence-corrected chi connectivity index (χ3v) is 1.82. The monoisotopic (exact) mass is 197 g/mol. The molecule has 0 saturated carbocycles. The van der Waals surface area contributed by atoms with E-state index in [1.165, 1.54) is 12.1 Å². The summed E-state index contributed by atoms with van der Waals surface area (Å²) in [6.07, 6.45) is 0. The summed E-state index contributed by atoms with van der Waals surface area (Å²) in [6, 6.07) is 4.39. The summed E-state index contributed by atoms with van der Waals surface area (Å²) >= 11 is 3.54. The zero-order valence-electron chi connectivity index (χ0n) is 6.85. The van der Waals surface area contributed by atoms with E-state index in [0.29, 0.717) is 0 Å². The van der Waals surface area contributed by atoms with Gasteiger partial charge in [0.25, 0.3) is 5.69 Å². The molecule has 0 N–H and O–H groups in total. The van der Waals surface area contributed by atoms with Gasteiger partial charge in [-0.1, -0.05) is 6.07 Å². The van der Waals surface area contributed by atoms with Crippen molar-refractivity contribution in [3.8, 4) is 0 Å². The number of nitrogens with zero attached hydrogens (tertiary/aromatic N) is 1. The Labute approximate surface area is 80.1 Å². The average molecular weight is 197 g/mol. The van der Waals surface area contributed by atoms with Crippen molar-refractivity contribution in [1.82, 2.24) is 0 Å². The molecule has 0 amide bonds. The minimum atomic E-state index is -0.591. The largest absolute Gasteiger partial charge is 0.282 e. The number of nitro benzene ring substituents is 1. The standard InChI is InChI=1S/C8H7NO3S/c1-5-2-3-6(8(10)13)7(4-5)9(11)12/h2-4H,1H3,(H,10,13). The highest BCUT2D eigenvalue weighted by Crippen LogP contribution is 2.21. The van der Waals surface area contributed by atoms with Crippen LogP contribution in [0.4, 0.5) is 5.69 Å². The third kappa shape index (κ3) is 2.06. The molecule has 0 aliphatic heterocycles. The topological polar surface area (TPSA) is 60.2 Å². The lowest BCUT2D eigenvalue weighted by Crippen LogP contribution is -1.98. The van der Waals surface area contributed by atoms with Crippen LogP contribution in [0.15, 0.2) is 18.2 Å². The zero-order chi connectivity index (χ0) is 10.0. The number of benzene rings is 1. The summed E-state index contributed by atoms with van der Waals surface area (Å²) in [4.78, 5) is 20.8. The molecule has 68 valence electrons. The zero-order valence-corrected chi connectivity index (χ0v) is 7.75. The van der Waals surface area contributed by atoms with E-state index in [1.807, 2.05) is 0 Å². The molecular formula is C8H7NO3S. The highest BCUT2D eigenvalue weighted by atomic mass is 32.1. The first-order valence-electron chi connectivity index (χ1n) is 3.50. The van der Waals surface area contributed by atoms with E-state index in [0.717, 1.165) is 5.56 Å². The minimum absolute atomic E-state index is 0.0268. The van der Waals surface area contributed by atoms with E-state index >= 15 is 0 Å². The molecule has 0 aromatic heterocycles. The highest BCUT2D eigenvalue weighted by molar-refractivity contribution is 7.97. The Bertz CT molecular complexity index is 376. The molecular weight excluding hydrogens is 190 g/mol. The van der Waals surface area contributed by atoms with Gasteiger partial charge in [0.15, 0.2) is 0 Å². The van der Waals surface area contributed by atoms with Gasteiger partial charge in [0.2, 0.25) is 5.12 Å². The molecule has 0 unspecified atom stereocenters. The maximum atomic E-state index is 10.8. The maximum Gasteiger partial charge on any atom is 0.281 e. The Morgan fingerprint density at radius 1 is 1.54 bits per heavy atom. The number of thiol groups is 1. The molecule has 0 aliphatic rings. The van der Waals surface area contributed by atoms with Gasteiger partial charge in [0, 0.05) is 6.07 Å². The molecule has 0 bridgehead atoms. The van der Waals surface area contributed by atoms with Gasteiger partial charge in [-0.3, -0.25) is 14.9 Å². The molecule has 0 heterocycles. The van der Waals surface area contributed by atoms with Crippen molar-refractivity contribution in [3.05, 3.63) is 39.4 Å². The maximum absolute atomic E-state index is 10.8. The summed E-state index contributed by atoms with van der Waals surface area (Å²) in [7, 11) is 0. The van der Waals surface area contributed by atoms with Crippen LogP contribution in [0.25, 0.3) is 0 Å². The van der Waals surface area contributed by atoms with Crippen molar-refractivity contribution in [2.24, 2.45) is 0 Å². The van der Waals surface area contributed by atoms with Crippen molar-refractivity contribution in [2.45, 2.75) is 6.92 Å². The second kappa shape index (κ2) is 3.57. The Kier molecular flexibility index (Phi) is 2.67. The van der Waals surface area contributed by atoms with Crippen molar-refractivity contribution >= 4 is 23.4 Å². The fraction of sp³-hybridized carbons (Fsp3) is 0.125. The second-order valence-corrected chi connectivity index (χ2v) is 2.99. The normalized spacial score (nSPS) is 9.69. The first kappa shape index (κ1) is 9.73. The van der Waals surface area contributed by atoms with Crippen LogP contribution in [0.3, 0.4) is 0 Å². The Hall–Kier alpha value is -1.36. The lowest BCUT2D eigenvalue weighted by Gasteiger charge is -1.98. The van der Waals surface area contributed by atoms with Crippen LogP contribution >= 0.6 is 12.6 Å². The van der Waals surface area contributed by atoms with Crippen molar-refractivity contribution in [3.63, 3.8) is 0 Å². The number of carbonyl (C=O) groups excluding carboxylic acids is 1. The van der Waals surface area contributed by atoms with Gasteiger partial charge in [-0.2, -0.15) is 0 Å². The smallest absolute Gasteiger partial charge is 0.281 e. The fourth-order valence-corrected chi connectivity index (χ4v) is 1.16. The molecule has 0 fully saturated rings. The molecule has 13 heavy (non-hydrogen) atoms. The first-order valence-corrected chi connectivity index (χ1v) is 3.95. The van der Waals surface area contributed by atoms with Gasteiger partial charge < -0.3 is 0 Å². The lowest BCUT2D eigenvalue weighted by molar-refractivity contribution is -0.385. The number of aryl methyl sites for hydroxylation is 1. The Morgan fingerprint density at radius 2 is 2.15 bits per heavy atom. The van der Waals surface area contributed by atoms with Crippen molar-refractivity contribution in [2.75, 3.05) is 0 Å². The van der Waals surface area contributed by atoms with Crippen LogP contribution in [-0.2, 0) is 0 Å². The SMILES string of the molecule is Cc1ccc(C(=O)S)c([N+](=O)[O-])c1. The molecule has 0 spiro atoms. The van der Waals surface area contributed by atoms with Crippen LogP contribution in [0.2, 0.25) is 0 Å². The average Bonchev–Trinajstić information content (AvgIpc) is 2.03. The molecule has 0 aliphatic carbocycles. The van der Waals surface area contributed by atoms with Crippen LogP contribution in [0.1, 0.15) is 15.9 Å². The quantitative estimate of drug-likeness (QED) is 0.448. The summed E-state index contributed by atoms with van der Waals surface area (Å²) in [6.45, 7) is 1.72. The van der Waals surface area contributed by atoms with Crippen LogP contribution in [0, 0.1) is 17.0 Å². The lowest BCUT2D eigenvalue weighted by atomic mass is 10.1. The van der Waals surface area contributed by atoms with Gasteiger partial charge in [-0.05, 0) is 18.6 Å². The van der Waals surface area contributed by atoms with Gasteiger partial charge in [-0.15, -0.1) is 12.6 Å². The summed E-state index contributed by atoms with van der Waals surface area (Å²) < 4.78 is 0. The second-order valence-electron chi connectivity index (χ2n) is 2.58. The molecule has 1 aromatic carbocycles. The van der Waals surface area contributed by atoms with Gasteiger partial charge in [-0.25, -0.2) is 0 Å². The fourth-order valence-electron chi connectivity index (χ4n) is 0.974. The first-order chi connectivity index (χ1) is 6.02. The van der Waals surface area contributed by atoms with Gasteiger partial charge >= 0.3 is 0 Å². The predicted octanol–water partition coefficient (Wildman–Crippen LogP) is 1.97. The van der Waals surface area contributed by atoms with Crippen molar-refractivity contribution < 1.29 is 9.72 Å². The molecule has 0 radical (unpaired) electrons. The number of rotatable bonds is 2. The van der Waals surface area contributed by atoms with Crippen LogP contribution in [-0.4, -0.2) is 10.0 Å². The summed E-state index contributed by atoms with van der Waals surface area (Å²) in [5.41, 5.74) is 0.573. The van der Waals surface area contributed by atoms with E-state index in [2.05, 4.69) is 12.6 Å². The number of nitro groups is 1. The predicted molar refractivity (Wildman–Crippen MR) is 51.1 cm³/mol. The van der Waals surface area contributed by atoms with Crippen LogP contribution < -0.4 is 0 Å². The van der Waals surface area contributed by atoms with E-state index in [9.17, 15) is 14.9 Å². The third-order valence-electron chi connectivity index (χ3n) is 1.58. The Balaban J connectivity index is 3.35. The molecule has 1 aromatic rings. The number of carbonyl (C=O) groups is 1. The van der Waals surface area contributed by atoms with Gasteiger partial charge in [0.05, 0.1) is 4.92 Å². The van der Waals surface area contributed by atoms with E-state index in [-0.39, 0.29) is 11.3 Å². The van der Waals surface area contributed by atoms with Crippen molar-refractivity contribution in [1.29, 1.82) is 0 Å².